The first kappa shape index (κ1) is 16.6. The van der Waals surface area contributed by atoms with E-state index in [1.54, 1.807) is 6.20 Å². The Morgan fingerprint density at radius 3 is 2.58 bits per heavy atom. The highest BCUT2D eigenvalue weighted by Crippen LogP contribution is 2.21. The Morgan fingerprint density at radius 2 is 2.05 bits per heavy atom. The predicted octanol–water partition coefficient (Wildman–Crippen LogP) is 2.12. The minimum Gasteiger partial charge on any atom is -0.329 e. The van der Waals surface area contributed by atoms with E-state index in [1.807, 2.05) is 6.20 Å². The number of nitrogens with two attached hydrogens (primary N) is 1. The molecule has 0 aliphatic heterocycles. The van der Waals surface area contributed by atoms with Gasteiger partial charge < -0.3 is 10.6 Å². The molecule has 0 bridgehead atoms. The van der Waals surface area contributed by atoms with Crippen molar-refractivity contribution in [2.75, 3.05) is 40.3 Å². The minimum absolute atomic E-state index is 0.247. The Kier molecular flexibility index (Phi) is 7.53. The maximum Gasteiger partial charge on any atom is 0.0485 e. The van der Waals surface area contributed by atoms with Gasteiger partial charge in [-0.1, -0.05) is 6.92 Å². The van der Waals surface area contributed by atoms with E-state index in [1.165, 1.54) is 5.56 Å². The second-order valence-electron chi connectivity index (χ2n) is 4.97. The van der Waals surface area contributed by atoms with Gasteiger partial charge in [-0.2, -0.15) is 0 Å². The quantitative estimate of drug-likeness (QED) is 0.794. The Bertz CT molecular complexity index is 370. The fourth-order valence-electron chi connectivity index (χ4n) is 2.23. The van der Waals surface area contributed by atoms with E-state index in [0.29, 0.717) is 6.54 Å². The van der Waals surface area contributed by atoms with Gasteiger partial charge in [-0.05, 0) is 61.2 Å². The molecular formula is C14H25BrN4. The number of nitrogens with zero attached hydrogens (tertiary/aromatic N) is 3. The zero-order chi connectivity index (χ0) is 14.3. The zero-order valence-electron chi connectivity index (χ0n) is 12.1. The standard InChI is InChI=1S/C14H25BrN4/c1-4-19(7-5-6-18(2)3)14(9-16)12-8-13(15)11-17-10-12/h8,10-11,14H,4-7,9,16H2,1-3H3. The van der Waals surface area contributed by atoms with Gasteiger partial charge in [0.05, 0.1) is 0 Å². The average molecular weight is 329 g/mol. The van der Waals surface area contributed by atoms with E-state index < -0.39 is 0 Å². The lowest BCUT2D eigenvalue weighted by Gasteiger charge is -2.30. The molecule has 1 heterocycles. The predicted molar refractivity (Wildman–Crippen MR) is 84.2 cm³/mol. The molecule has 0 fully saturated rings. The van der Waals surface area contributed by atoms with Crippen LogP contribution in [0.4, 0.5) is 0 Å². The molecule has 19 heavy (non-hydrogen) atoms. The first-order valence-electron chi connectivity index (χ1n) is 6.77. The van der Waals surface area contributed by atoms with E-state index >= 15 is 0 Å². The van der Waals surface area contributed by atoms with Gasteiger partial charge in [0.15, 0.2) is 0 Å². The lowest BCUT2D eigenvalue weighted by Crippen LogP contribution is -2.35. The molecule has 1 aromatic rings. The van der Waals surface area contributed by atoms with Gasteiger partial charge in [-0.3, -0.25) is 9.88 Å². The molecule has 0 saturated carbocycles. The van der Waals surface area contributed by atoms with Crippen LogP contribution in [0.3, 0.4) is 0 Å². The first-order chi connectivity index (χ1) is 9.08. The Hall–Kier alpha value is -0.490. The number of aromatic nitrogens is 1. The lowest BCUT2D eigenvalue weighted by molar-refractivity contribution is 0.201. The molecule has 1 aromatic heterocycles. The molecule has 0 aliphatic rings. The molecule has 0 spiro atoms. The summed E-state index contributed by atoms with van der Waals surface area (Å²) in [6.45, 7) is 5.97. The van der Waals surface area contributed by atoms with Crippen LogP contribution in [0.15, 0.2) is 22.9 Å². The summed E-state index contributed by atoms with van der Waals surface area (Å²) >= 11 is 3.47. The summed E-state index contributed by atoms with van der Waals surface area (Å²) in [5.74, 6) is 0. The summed E-state index contributed by atoms with van der Waals surface area (Å²) in [4.78, 5) is 8.88. The number of hydrogen-bond donors (Lipinski definition) is 1. The summed E-state index contributed by atoms with van der Waals surface area (Å²) < 4.78 is 1.01. The summed E-state index contributed by atoms with van der Waals surface area (Å²) in [5, 5.41) is 0. The number of likely N-dealkylation sites (N-methyl/N-ethyl adjacent to an activating group) is 1. The maximum absolute atomic E-state index is 5.97. The molecule has 0 aliphatic carbocycles. The molecule has 108 valence electrons. The highest BCUT2D eigenvalue weighted by molar-refractivity contribution is 9.10. The van der Waals surface area contributed by atoms with Gasteiger partial charge in [-0.15, -0.1) is 0 Å². The van der Waals surface area contributed by atoms with Crippen molar-refractivity contribution < 1.29 is 0 Å². The third-order valence-corrected chi connectivity index (χ3v) is 3.67. The summed E-state index contributed by atoms with van der Waals surface area (Å²) in [6, 6.07) is 2.36. The molecule has 5 heteroatoms. The van der Waals surface area contributed by atoms with Crippen LogP contribution in [0.25, 0.3) is 0 Å². The van der Waals surface area contributed by atoms with Crippen molar-refractivity contribution in [3.63, 3.8) is 0 Å². The fraction of sp³-hybridized carbons (Fsp3) is 0.643. The van der Waals surface area contributed by atoms with E-state index in [0.717, 1.165) is 30.5 Å². The fourth-order valence-corrected chi connectivity index (χ4v) is 2.61. The topological polar surface area (TPSA) is 45.4 Å². The van der Waals surface area contributed by atoms with Crippen molar-refractivity contribution in [3.05, 3.63) is 28.5 Å². The van der Waals surface area contributed by atoms with Gasteiger partial charge in [-0.25, -0.2) is 0 Å². The van der Waals surface area contributed by atoms with Crippen molar-refractivity contribution in [1.29, 1.82) is 0 Å². The van der Waals surface area contributed by atoms with Crippen molar-refractivity contribution >= 4 is 15.9 Å². The highest BCUT2D eigenvalue weighted by Gasteiger charge is 2.17. The Labute approximate surface area is 125 Å². The minimum atomic E-state index is 0.247. The van der Waals surface area contributed by atoms with Crippen LogP contribution in [-0.2, 0) is 0 Å². The lowest BCUT2D eigenvalue weighted by atomic mass is 10.1. The summed E-state index contributed by atoms with van der Waals surface area (Å²) in [6.07, 6.45) is 4.87. The monoisotopic (exact) mass is 328 g/mol. The SMILES string of the molecule is CCN(CCCN(C)C)C(CN)c1cncc(Br)c1. The van der Waals surface area contributed by atoms with E-state index in [-0.39, 0.29) is 6.04 Å². The van der Waals surface area contributed by atoms with Crippen LogP contribution in [0.2, 0.25) is 0 Å². The van der Waals surface area contributed by atoms with Crippen LogP contribution < -0.4 is 5.73 Å². The highest BCUT2D eigenvalue weighted by atomic mass is 79.9. The number of hydrogen-bond acceptors (Lipinski definition) is 4. The number of rotatable bonds is 8. The normalized spacial score (nSPS) is 13.2. The van der Waals surface area contributed by atoms with Crippen LogP contribution in [-0.4, -0.2) is 55.1 Å². The van der Waals surface area contributed by atoms with Gasteiger partial charge in [0.25, 0.3) is 0 Å². The van der Waals surface area contributed by atoms with Crippen molar-refractivity contribution in [2.24, 2.45) is 5.73 Å². The van der Waals surface area contributed by atoms with E-state index in [2.05, 4.69) is 57.8 Å². The third-order valence-electron chi connectivity index (χ3n) is 3.23. The van der Waals surface area contributed by atoms with E-state index in [4.69, 9.17) is 5.73 Å². The van der Waals surface area contributed by atoms with E-state index in [9.17, 15) is 0 Å². The van der Waals surface area contributed by atoms with Gasteiger partial charge in [0.2, 0.25) is 0 Å². The molecule has 0 radical (unpaired) electrons. The molecule has 1 atom stereocenters. The van der Waals surface area contributed by atoms with Crippen molar-refractivity contribution in [3.8, 4) is 0 Å². The van der Waals surface area contributed by atoms with Crippen LogP contribution >= 0.6 is 15.9 Å². The van der Waals surface area contributed by atoms with Crippen LogP contribution in [0.1, 0.15) is 24.9 Å². The first-order valence-corrected chi connectivity index (χ1v) is 7.57. The van der Waals surface area contributed by atoms with Crippen LogP contribution in [0, 0.1) is 0 Å². The number of pyridine rings is 1. The van der Waals surface area contributed by atoms with Crippen LogP contribution in [0.5, 0.6) is 0 Å². The largest absolute Gasteiger partial charge is 0.329 e. The van der Waals surface area contributed by atoms with Gasteiger partial charge >= 0.3 is 0 Å². The van der Waals surface area contributed by atoms with Gasteiger partial charge in [0.1, 0.15) is 0 Å². The summed E-state index contributed by atoms with van der Waals surface area (Å²) in [5.41, 5.74) is 7.15. The maximum atomic E-state index is 5.97. The Morgan fingerprint density at radius 1 is 1.32 bits per heavy atom. The van der Waals surface area contributed by atoms with Crippen molar-refractivity contribution in [2.45, 2.75) is 19.4 Å². The molecule has 0 aromatic carbocycles. The van der Waals surface area contributed by atoms with Gasteiger partial charge in [0, 0.05) is 36.0 Å². The second-order valence-corrected chi connectivity index (χ2v) is 5.89. The second kappa shape index (κ2) is 8.64. The third kappa shape index (κ3) is 5.57. The Balaban J connectivity index is 2.69. The molecule has 0 saturated heterocycles. The smallest absolute Gasteiger partial charge is 0.0485 e. The molecular weight excluding hydrogens is 304 g/mol. The molecule has 1 unspecified atom stereocenters. The summed E-state index contributed by atoms with van der Waals surface area (Å²) in [7, 11) is 4.21. The zero-order valence-corrected chi connectivity index (χ0v) is 13.7. The number of halogens is 1. The molecule has 1 rings (SSSR count). The molecule has 0 amide bonds. The average Bonchev–Trinajstić information content (AvgIpc) is 2.37. The van der Waals surface area contributed by atoms with Crippen molar-refractivity contribution in [1.82, 2.24) is 14.8 Å². The molecule has 4 nitrogen and oxygen atoms in total. The molecule has 2 N–H and O–H groups in total.